The molecule has 3 aliphatic carbocycles. The van der Waals surface area contributed by atoms with E-state index < -0.39 is 16.0 Å². The summed E-state index contributed by atoms with van der Waals surface area (Å²) in [6.45, 7) is 2.03. The van der Waals surface area contributed by atoms with Crippen molar-refractivity contribution >= 4 is 33.3 Å². The molecule has 1 heterocycles. The van der Waals surface area contributed by atoms with Gasteiger partial charge in [-0.2, -0.15) is 0 Å². The van der Waals surface area contributed by atoms with Crippen LogP contribution in [0.1, 0.15) is 60.0 Å². The largest absolute Gasteiger partial charge is 0.490 e. The van der Waals surface area contributed by atoms with Crippen molar-refractivity contribution in [2.75, 3.05) is 37.5 Å². The highest BCUT2D eigenvalue weighted by molar-refractivity contribution is 7.89. The minimum Gasteiger partial charge on any atom is -0.490 e. The summed E-state index contributed by atoms with van der Waals surface area (Å²) in [5.41, 5.74) is 4.64. The van der Waals surface area contributed by atoms with Crippen molar-refractivity contribution in [2.24, 2.45) is 22.9 Å². The van der Waals surface area contributed by atoms with E-state index in [4.69, 9.17) is 26.2 Å². The second-order valence-corrected chi connectivity index (χ2v) is 14.8. The molecular weight excluding hydrogens is 576 g/mol. The van der Waals surface area contributed by atoms with Crippen LogP contribution >= 0.6 is 11.6 Å². The minimum atomic E-state index is -3.46. The average Bonchev–Trinajstić information content (AvgIpc) is 3.05. The Morgan fingerprint density at radius 2 is 2.07 bits per heavy atom. The summed E-state index contributed by atoms with van der Waals surface area (Å²) in [5, 5.41) is 15.7. The molecule has 226 valence electrons. The number of rotatable bonds is 9. The number of anilines is 1. The second kappa shape index (κ2) is 11.5. The van der Waals surface area contributed by atoms with E-state index in [-0.39, 0.29) is 28.8 Å². The molecule has 0 bridgehead atoms. The van der Waals surface area contributed by atoms with Gasteiger partial charge in [0, 0.05) is 30.6 Å². The fraction of sp³-hybridized carbons (Fsp3) is 0.531. The molecule has 1 spiro atoms. The Hall–Kier alpha value is -2.59. The molecule has 0 radical (unpaired) electrons. The highest BCUT2D eigenvalue weighted by atomic mass is 35.5. The van der Waals surface area contributed by atoms with Gasteiger partial charge in [0.15, 0.2) is 0 Å². The topological polar surface area (TPSA) is 119 Å². The molecule has 2 aromatic carbocycles. The SMILES string of the molecule is COC(C1=C[C@@H](CCS(N)(=O)=O)C1)[C@@H]1CC[C@H]1CN1C[C@@]2(CCCc3cc(Cl)ccc32)COc2ccc(C(=O)O)cc21. The number of methoxy groups -OCH3 is 1. The Morgan fingerprint density at radius 1 is 1.26 bits per heavy atom. The van der Waals surface area contributed by atoms with Gasteiger partial charge < -0.3 is 19.5 Å². The zero-order chi connectivity index (χ0) is 29.6. The summed E-state index contributed by atoms with van der Waals surface area (Å²) in [6.07, 6.45) is 8.68. The maximum atomic E-state index is 11.9. The van der Waals surface area contributed by atoms with Gasteiger partial charge in [-0.3, -0.25) is 0 Å². The number of aryl methyl sites for hydroxylation is 1. The summed E-state index contributed by atoms with van der Waals surface area (Å²) in [6, 6.07) is 11.4. The van der Waals surface area contributed by atoms with Crippen LogP contribution < -0.4 is 14.8 Å². The van der Waals surface area contributed by atoms with Crippen LogP contribution in [-0.2, 0) is 26.6 Å². The number of carbonyl (C=O) groups is 1. The van der Waals surface area contributed by atoms with Gasteiger partial charge in [0.1, 0.15) is 5.75 Å². The molecule has 0 aromatic heterocycles. The Bertz CT molecular complexity index is 1510. The number of carboxylic acid groups (broad SMARTS) is 1. The van der Waals surface area contributed by atoms with Crippen LogP contribution in [0.3, 0.4) is 0 Å². The lowest BCUT2D eigenvalue weighted by Crippen LogP contribution is -2.50. The van der Waals surface area contributed by atoms with Crippen molar-refractivity contribution in [3.05, 3.63) is 69.8 Å². The van der Waals surface area contributed by atoms with Crippen LogP contribution in [0, 0.1) is 17.8 Å². The number of allylic oxidation sites excluding steroid dienone is 1. The highest BCUT2D eigenvalue weighted by Gasteiger charge is 2.45. The number of carboxylic acids is 1. The van der Waals surface area contributed by atoms with Crippen molar-refractivity contribution in [3.8, 4) is 5.75 Å². The molecule has 0 saturated heterocycles. The summed E-state index contributed by atoms with van der Waals surface area (Å²) < 4.78 is 35.3. The zero-order valence-corrected chi connectivity index (χ0v) is 25.5. The number of nitrogens with zero attached hydrogens (tertiary/aromatic N) is 1. The van der Waals surface area contributed by atoms with Gasteiger partial charge in [0.05, 0.1) is 29.7 Å². The number of benzene rings is 2. The normalized spacial score (nSPS) is 27.5. The van der Waals surface area contributed by atoms with Gasteiger partial charge >= 0.3 is 5.97 Å². The fourth-order valence-corrected chi connectivity index (χ4v) is 8.46. The number of fused-ring (bicyclic) bond motifs is 3. The lowest BCUT2D eigenvalue weighted by Gasteiger charge is -2.47. The Morgan fingerprint density at radius 3 is 2.76 bits per heavy atom. The predicted molar refractivity (Wildman–Crippen MR) is 163 cm³/mol. The van der Waals surface area contributed by atoms with E-state index in [0.29, 0.717) is 24.9 Å². The molecule has 42 heavy (non-hydrogen) atoms. The fourth-order valence-electron chi connectivity index (χ4n) is 7.64. The monoisotopic (exact) mass is 614 g/mol. The summed E-state index contributed by atoms with van der Waals surface area (Å²) in [4.78, 5) is 14.3. The van der Waals surface area contributed by atoms with Crippen LogP contribution in [0.4, 0.5) is 5.69 Å². The van der Waals surface area contributed by atoms with Crippen molar-refractivity contribution in [1.82, 2.24) is 0 Å². The molecule has 1 fully saturated rings. The van der Waals surface area contributed by atoms with Crippen LogP contribution in [0.2, 0.25) is 5.02 Å². The molecule has 3 N–H and O–H groups in total. The van der Waals surface area contributed by atoms with Crippen molar-refractivity contribution < 1.29 is 27.8 Å². The number of hydrogen-bond donors (Lipinski definition) is 2. The van der Waals surface area contributed by atoms with Crippen LogP contribution in [0.25, 0.3) is 0 Å². The molecular formula is C32H39ClN2O6S. The molecule has 4 aliphatic rings. The first-order valence-corrected chi connectivity index (χ1v) is 16.9. The number of nitrogens with two attached hydrogens (primary N) is 1. The smallest absolute Gasteiger partial charge is 0.335 e. The van der Waals surface area contributed by atoms with Crippen molar-refractivity contribution in [1.29, 1.82) is 0 Å². The number of sulfonamides is 1. The number of ether oxygens (including phenoxy) is 2. The first-order chi connectivity index (χ1) is 20.0. The molecule has 8 nitrogen and oxygen atoms in total. The summed E-state index contributed by atoms with van der Waals surface area (Å²) >= 11 is 6.38. The van der Waals surface area contributed by atoms with Gasteiger partial charge in [0.2, 0.25) is 10.0 Å². The summed E-state index contributed by atoms with van der Waals surface area (Å²) in [7, 11) is -1.71. The standard InChI is InChI=1S/C32H39ClN2O6S/c1-40-30(24-13-20(14-24)10-12-42(34,38)39)26-7-4-23(26)17-35-18-32(11-2-3-21-15-25(33)6-8-27(21)32)19-41-29-9-5-22(31(36)37)16-28(29)35/h5-6,8-9,13,15-16,20,23,26,30H,2-4,7,10-12,14,17-19H2,1H3,(H,36,37)(H2,34,38,39)/t20-,23+,26-,30?,32+/m1/s1. The van der Waals surface area contributed by atoms with E-state index in [1.165, 1.54) is 16.7 Å². The molecule has 2 aromatic rings. The predicted octanol–water partition coefficient (Wildman–Crippen LogP) is 5.18. The Labute approximate surface area is 252 Å². The highest BCUT2D eigenvalue weighted by Crippen LogP contribution is 2.48. The Balaban J connectivity index is 1.27. The third kappa shape index (κ3) is 5.81. The zero-order valence-electron chi connectivity index (χ0n) is 23.9. The third-order valence-corrected chi connectivity index (χ3v) is 11.0. The molecule has 5 atom stereocenters. The van der Waals surface area contributed by atoms with E-state index >= 15 is 0 Å². The Kier molecular flexibility index (Phi) is 8.06. The second-order valence-electron chi connectivity index (χ2n) is 12.6. The lowest BCUT2D eigenvalue weighted by molar-refractivity contribution is 0.000513. The van der Waals surface area contributed by atoms with Gasteiger partial charge in [-0.25, -0.2) is 18.4 Å². The number of primary sulfonamides is 1. The van der Waals surface area contributed by atoms with E-state index in [0.717, 1.165) is 68.1 Å². The minimum absolute atomic E-state index is 0.00297. The maximum Gasteiger partial charge on any atom is 0.335 e. The maximum absolute atomic E-state index is 11.9. The molecule has 6 rings (SSSR count). The molecule has 1 unspecified atom stereocenters. The molecule has 1 saturated carbocycles. The lowest BCUT2D eigenvalue weighted by atomic mass is 9.65. The van der Waals surface area contributed by atoms with Gasteiger partial charge in [-0.1, -0.05) is 23.7 Å². The van der Waals surface area contributed by atoms with E-state index in [2.05, 4.69) is 23.1 Å². The van der Waals surface area contributed by atoms with Crippen LogP contribution in [0.5, 0.6) is 5.75 Å². The van der Waals surface area contributed by atoms with Gasteiger partial charge in [-0.15, -0.1) is 0 Å². The van der Waals surface area contributed by atoms with Crippen LogP contribution in [0.15, 0.2) is 48.0 Å². The van der Waals surface area contributed by atoms with Crippen molar-refractivity contribution in [2.45, 2.75) is 56.5 Å². The quantitative estimate of drug-likeness (QED) is 0.374. The van der Waals surface area contributed by atoms with Gasteiger partial charge in [0.25, 0.3) is 0 Å². The molecule has 1 aliphatic heterocycles. The van der Waals surface area contributed by atoms with Crippen LogP contribution in [-0.4, -0.2) is 58.2 Å². The van der Waals surface area contributed by atoms with E-state index in [1.54, 1.807) is 25.3 Å². The first kappa shape index (κ1) is 29.5. The molecule has 0 amide bonds. The number of halogens is 1. The molecule has 10 heteroatoms. The third-order valence-electron chi connectivity index (χ3n) is 9.94. The van der Waals surface area contributed by atoms with E-state index in [1.807, 2.05) is 6.07 Å². The summed E-state index contributed by atoms with van der Waals surface area (Å²) in [5.74, 6) is 0.684. The average molecular weight is 615 g/mol. The first-order valence-electron chi connectivity index (χ1n) is 14.8. The number of hydrogen-bond acceptors (Lipinski definition) is 6. The van der Waals surface area contributed by atoms with Gasteiger partial charge in [-0.05, 0) is 110 Å². The number of aromatic carboxylic acids is 1. The van der Waals surface area contributed by atoms with E-state index in [9.17, 15) is 18.3 Å². The van der Waals surface area contributed by atoms with Crippen molar-refractivity contribution in [3.63, 3.8) is 0 Å².